The number of aryl methyl sites for hydroxylation is 1. The van der Waals surface area contributed by atoms with Crippen LogP contribution in [0.2, 0.25) is 0 Å². The monoisotopic (exact) mass is 306 g/mol. The normalized spacial score (nSPS) is 10.2. The topological polar surface area (TPSA) is 34.1 Å². The molecule has 2 aromatic rings. The van der Waals surface area contributed by atoms with Gasteiger partial charge in [0.2, 0.25) is 0 Å². The third-order valence-electron chi connectivity index (χ3n) is 2.63. The molecule has 0 amide bonds. The van der Waals surface area contributed by atoms with Crippen LogP contribution in [0.4, 0.5) is 5.69 Å². The van der Waals surface area contributed by atoms with Crippen molar-refractivity contribution >= 4 is 21.6 Å². The molecule has 1 heterocycles. The van der Waals surface area contributed by atoms with Gasteiger partial charge in [-0.05, 0) is 46.6 Å². The third-order valence-corrected chi connectivity index (χ3v) is 3.32. The fraction of sp³-hybridized carbons (Fsp3) is 0.214. The Balaban J connectivity index is 2.07. The van der Waals surface area contributed by atoms with Gasteiger partial charge in [-0.3, -0.25) is 4.98 Å². The number of hydrogen-bond acceptors (Lipinski definition) is 3. The predicted octanol–water partition coefficient (Wildman–Crippen LogP) is 3.77. The first kappa shape index (κ1) is 12.9. The van der Waals surface area contributed by atoms with Crippen LogP contribution in [0.1, 0.15) is 11.3 Å². The molecule has 0 spiro atoms. The van der Waals surface area contributed by atoms with E-state index in [4.69, 9.17) is 4.74 Å². The molecule has 0 unspecified atom stereocenters. The van der Waals surface area contributed by atoms with Gasteiger partial charge in [0.1, 0.15) is 5.75 Å². The summed E-state index contributed by atoms with van der Waals surface area (Å²) in [7, 11) is 1.66. The van der Waals surface area contributed by atoms with Gasteiger partial charge in [-0.25, -0.2) is 0 Å². The number of ether oxygens (including phenoxy) is 1. The van der Waals surface area contributed by atoms with Gasteiger partial charge in [0.25, 0.3) is 0 Å². The Hall–Kier alpha value is -1.55. The average Bonchev–Trinajstić information content (AvgIpc) is 2.40. The highest BCUT2D eigenvalue weighted by atomic mass is 79.9. The van der Waals surface area contributed by atoms with Gasteiger partial charge < -0.3 is 10.1 Å². The first-order valence-electron chi connectivity index (χ1n) is 5.68. The average molecular weight is 307 g/mol. The van der Waals surface area contributed by atoms with E-state index in [-0.39, 0.29) is 0 Å². The molecule has 0 aliphatic carbocycles. The van der Waals surface area contributed by atoms with Gasteiger partial charge in [0, 0.05) is 29.0 Å². The van der Waals surface area contributed by atoms with E-state index in [0.717, 1.165) is 33.7 Å². The van der Waals surface area contributed by atoms with E-state index in [9.17, 15) is 0 Å². The van der Waals surface area contributed by atoms with E-state index in [1.165, 1.54) is 0 Å². The van der Waals surface area contributed by atoms with Gasteiger partial charge >= 0.3 is 0 Å². The number of nitrogens with one attached hydrogen (secondary N) is 1. The second-order valence-corrected chi connectivity index (χ2v) is 4.86. The Labute approximate surface area is 115 Å². The highest BCUT2D eigenvalue weighted by molar-refractivity contribution is 9.10. The van der Waals surface area contributed by atoms with Crippen molar-refractivity contribution in [1.82, 2.24) is 4.98 Å². The summed E-state index contributed by atoms with van der Waals surface area (Å²) in [5, 5.41) is 3.36. The summed E-state index contributed by atoms with van der Waals surface area (Å²) in [5.41, 5.74) is 3.19. The predicted molar refractivity (Wildman–Crippen MR) is 77.0 cm³/mol. The zero-order valence-corrected chi connectivity index (χ0v) is 12.0. The van der Waals surface area contributed by atoms with Gasteiger partial charge in [-0.1, -0.05) is 6.07 Å². The minimum Gasteiger partial charge on any atom is -0.497 e. The number of methoxy groups -OCH3 is 1. The van der Waals surface area contributed by atoms with Crippen molar-refractivity contribution in [3.63, 3.8) is 0 Å². The fourth-order valence-corrected chi connectivity index (χ4v) is 1.95. The molecule has 0 radical (unpaired) electrons. The summed E-state index contributed by atoms with van der Waals surface area (Å²) in [5.74, 6) is 0.836. The fourth-order valence-electron chi connectivity index (χ4n) is 1.57. The van der Waals surface area contributed by atoms with Crippen LogP contribution in [0, 0.1) is 6.92 Å². The van der Waals surface area contributed by atoms with E-state index in [1.54, 1.807) is 7.11 Å². The second-order valence-electron chi connectivity index (χ2n) is 4.01. The highest BCUT2D eigenvalue weighted by Gasteiger charge is 2.02. The largest absolute Gasteiger partial charge is 0.497 e. The molecule has 3 nitrogen and oxygen atoms in total. The molecule has 1 N–H and O–H groups in total. The molecular weight excluding hydrogens is 292 g/mol. The lowest BCUT2D eigenvalue weighted by Gasteiger charge is -2.10. The van der Waals surface area contributed by atoms with Crippen molar-refractivity contribution in [2.75, 3.05) is 12.4 Å². The number of anilines is 1. The summed E-state index contributed by atoms with van der Waals surface area (Å²) in [4.78, 5) is 4.27. The van der Waals surface area contributed by atoms with Crippen LogP contribution in [-0.2, 0) is 6.54 Å². The standard InChI is InChI=1S/C14H15BrN2O/c1-10-3-4-11(8-16-10)9-17-14-7-12(18-2)5-6-13(14)15/h3-8,17H,9H2,1-2H3. The van der Waals surface area contributed by atoms with Crippen LogP contribution >= 0.6 is 15.9 Å². The first-order chi connectivity index (χ1) is 8.69. The smallest absolute Gasteiger partial charge is 0.121 e. The van der Waals surface area contributed by atoms with Crippen molar-refractivity contribution in [3.8, 4) is 5.75 Å². The summed E-state index contributed by atoms with van der Waals surface area (Å²) in [6.45, 7) is 2.72. The summed E-state index contributed by atoms with van der Waals surface area (Å²) in [6.07, 6.45) is 1.89. The van der Waals surface area contributed by atoms with Crippen LogP contribution in [0.5, 0.6) is 5.75 Å². The minimum absolute atomic E-state index is 0.735. The number of nitrogens with zero attached hydrogens (tertiary/aromatic N) is 1. The van der Waals surface area contributed by atoms with Gasteiger partial charge in [0.05, 0.1) is 12.8 Å². The summed E-state index contributed by atoms with van der Waals surface area (Å²) in [6, 6.07) is 9.93. The Bertz CT molecular complexity index is 526. The molecule has 94 valence electrons. The number of benzene rings is 1. The molecule has 0 fully saturated rings. The molecule has 1 aromatic carbocycles. The Kier molecular flexibility index (Phi) is 4.20. The Morgan fingerprint density at radius 3 is 2.78 bits per heavy atom. The summed E-state index contributed by atoms with van der Waals surface area (Å²) < 4.78 is 6.22. The number of rotatable bonds is 4. The minimum atomic E-state index is 0.735. The van der Waals surface area contributed by atoms with Crippen LogP contribution in [-0.4, -0.2) is 12.1 Å². The van der Waals surface area contributed by atoms with Crippen LogP contribution < -0.4 is 10.1 Å². The van der Waals surface area contributed by atoms with Gasteiger partial charge in [-0.2, -0.15) is 0 Å². The van der Waals surface area contributed by atoms with E-state index < -0.39 is 0 Å². The molecule has 0 saturated heterocycles. The Morgan fingerprint density at radius 1 is 1.28 bits per heavy atom. The Morgan fingerprint density at radius 2 is 2.11 bits per heavy atom. The molecule has 0 aliphatic heterocycles. The summed E-state index contributed by atoms with van der Waals surface area (Å²) >= 11 is 3.51. The van der Waals surface area contributed by atoms with Gasteiger partial charge in [0.15, 0.2) is 0 Å². The first-order valence-corrected chi connectivity index (χ1v) is 6.47. The molecule has 0 aliphatic rings. The SMILES string of the molecule is COc1ccc(Br)c(NCc2ccc(C)nc2)c1. The maximum atomic E-state index is 5.20. The van der Waals surface area contributed by atoms with Gasteiger partial charge in [-0.15, -0.1) is 0 Å². The van der Waals surface area contributed by atoms with E-state index in [1.807, 2.05) is 37.4 Å². The number of aromatic nitrogens is 1. The maximum absolute atomic E-state index is 5.20. The van der Waals surface area contributed by atoms with Crippen molar-refractivity contribution in [2.24, 2.45) is 0 Å². The lowest BCUT2D eigenvalue weighted by atomic mass is 10.2. The highest BCUT2D eigenvalue weighted by Crippen LogP contribution is 2.27. The van der Waals surface area contributed by atoms with Crippen molar-refractivity contribution < 1.29 is 4.74 Å². The molecule has 1 aromatic heterocycles. The zero-order chi connectivity index (χ0) is 13.0. The molecule has 4 heteroatoms. The molecule has 18 heavy (non-hydrogen) atoms. The number of pyridine rings is 1. The number of hydrogen-bond donors (Lipinski definition) is 1. The van der Waals surface area contributed by atoms with Crippen molar-refractivity contribution in [3.05, 3.63) is 52.3 Å². The maximum Gasteiger partial charge on any atom is 0.121 e. The lowest BCUT2D eigenvalue weighted by Crippen LogP contribution is -2.01. The van der Waals surface area contributed by atoms with E-state index >= 15 is 0 Å². The quantitative estimate of drug-likeness (QED) is 0.933. The molecular formula is C14H15BrN2O. The molecule has 2 rings (SSSR count). The van der Waals surface area contributed by atoms with Crippen LogP contribution in [0.25, 0.3) is 0 Å². The zero-order valence-electron chi connectivity index (χ0n) is 10.4. The van der Waals surface area contributed by atoms with Crippen LogP contribution in [0.15, 0.2) is 41.0 Å². The molecule has 0 bridgehead atoms. The number of halogens is 1. The van der Waals surface area contributed by atoms with E-state index in [2.05, 4.69) is 32.3 Å². The second kappa shape index (κ2) is 5.87. The molecule has 0 atom stereocenters. The molecule has 0 saturated carbocycles. The van der Waals surface area contributed by atoms with E-state index in [0.29, 0.717) is 0 Å². The van der Waals surface area contributed by atoms with Crippen molar-refractivity contribution in [1.29, 1.82) is 0 Å². The third kappa shape index (κ3) is 3.23. The lowest BCUT2D eigenvalue weighted by molar-refractivity contribution is 0.415. The van der Waals surface area contributed by atoms with Crippen molar-refractivity contribution in [2.45, 2.75) is 13.5 Å². The van der Waals surface area contributed by atoms with Crippen LogP contribution in [0.3, 0.4) is 0 Å².